The molecule has 1 aromatic carbocycles. The number of alkyl halides is 1. The van der Waals surface area contributed by atoms with Gasteiger partial charge in [0.2, 0.25) is 0 Å². The Bertz CT molecular complexity index is 447. The van der Waals surface area contributed by atoms with Crippen LogP contribution >= 0.6 is 22.3 Å². The zero-order chi connectivity index (χ0) is 11.5. The molecule has 0 aliphatic heterocycles. The highest BCUT2D eigenvalue weighted by Crippen LogP contribution is 2.28. The van der Waals surface area contributed by atoms with Crippen molar-refractivity contribution in [3.05, 3.63) is 23.2 Å². The maximum atomic E-state index is 11.8. The van der Waals surface area contributed by atoms with Crippen molar-refractivity contribution in [1.82, 2.24) is 0 Å². The second kappa shape index (κ2) is 5.01. The number of halogens is 3. The molecule has 0 aliphatic rings. The first kappa shape index (κ1) is 12.5. The quantitative estimate of drug-likeness (QED) is 0.792. The van der Waals surface area contributed by atoms with Crippen LogP contribution in [0.3, 0.4) is 0 Å². The maximum absolute atomic E-state index is 11.8. The Hall–Kier alpha value is -0.520. The fraction of sp³-hybridized carbons (Fsp3) is 0.250. The molecule has 0 heterocycles. The van der Waals surface area contributed by atoms with Crippen molar-refractivity contribution >= 4 is 31.3 Å². The van der Waals surface area contributed by atoms with Crippen molar-refractivity contribution < 1.29 is 17.5 Å². The third-order valence-electron chi connectivity index (χ3n) is 1.52. The summed E-state index contributed by atoms with van der Waals surface area (Å²) in [6.45, 7) is -0.779. The second-order valence-electron chi connectivity index (χ2n) is 2.57. The summed E-state index contributed by atoms with van der Waals surface area (Å²) in [6, 6.07) is 3.71. The molecular formula is C8H7Cl2FO3S. The molecule has 0 spiro atoms. The van der Waals surface area contributed by atoms with Crippen LogP contribution in [0.25, 0.3) is 0 Å². The minimum atomic E-state index is -3.80. The summed E-state index contributed by atoms with van der Waals surface area (Å²) in [7, 11) is 1.30. The number of rotatable bonds is 4. The average Bonchev–Trinajstić information content (AvgIpc) is 2.14. The summed E-state index contributed by atoms with van der Waals surface area (Å²) in [4.78, 5) is -0.123. The number of ether oxygens (including phenoxy) is 1. The van der Waals surface area contributed by atoms with Gasteiger partial charge in [-0.2, -0.15) is 0 Å². The molecule has 0 fully saturated rings. The molecule has 0 aromatic heterocycles. The molecule has 0 aliphatic carbocycles. The SMILES string of the molecule is O=S(=O)(Cl)c1ccc(OCCF)c(Cl)c1. The lowest BCUT2D eigenvalue weighted by Crippen LogP contribution is -2.00. The zero-order valence-corrected chi connectivity index (χ0v) is 9.74. The Balaban J connectivity index is 2.99. The van der Waals surface area contributed by atoms with Gasteiger partial charge in [0.1, 0.15) is 19.0 Å². The minimum Gasteiger partial charge on any atom is -0.489 e. The Kier molecular flexibility index (Phi) is 4.19. The van der Waals surface area contributed by atoms with E-state index in [1.807, 2.05) is 0 Å². The van der Waals surface area contributed by atoms with Crippen molar-refractivity contribution in [1.29, 1.82) is 0 Å². The predicted octanol–water partition coefficient (Wildman–Crippen LogP) is 2.62. The number of hydrogen-bond acceptors (Lipinski definition) is 3. The van der Waals surface area contributed by atoms with E-state index in [0.717, 1.165) is 6.07 Å². The van der Waals surface area contributed by atoms with Gasteiger partial charge in [0.05, 0.1) is 9.92 Å². The van der Waals surface area contributed by atoms with E-state index in [-0.39, 0.29) is 22.3 Å². The zero-order valence-electron chi connectivity index (χ0n) is 7.41. The van der Waals surface area contributed by atoms with Gasteiger partial charge in [-0.25, -0.2) is 12.8 Å². The Morgan fingerprint density at radius 2 is 2.07 bits per heavy atom. The first-order valence-electron chi connectivity index (χ1n) is 3.88. The van der Waals surface area contributed by atoms with E-state index in [1.165, 1.54) is 12.1 Å². The highest BCUT2D eigenvalue weighted by molar-refractivity contribution is 8.13. The molecule has 0 unspecified atom stereocenters. The second-order valence-corrected chi connectivity index (χ2v) is 5.54. The van der Waals surface area contributed by atoms with Crippen molar-refractivity contribution in [3.63, 3.8) is 0 Å². The van der Waals surface area contributed by atoms with E-state index < -0.39 is 15.7 Å². The Morgan fingerprint density at radius 3 is 2.53 bits per heavy atom. The van der Waals surface area contributed by atoms with E-state index >= 15 is 0 Å². The van der Waals surface area contributed by atoms with E-state index in [1.54, 1.807) is 0 Å². The van der Waals surface area contributed by atoms with Crippen LogP contribution in [0.1, 0.15) is 0 Å². The highest BCUT2D eigenvalue weighted by Gasteiger charge is 2.12. The largest absolute Gasteiger partial charge is 0.489 e. The average molecular weight is 273 g/mol. The molecule has 0 saturated carbocycles. The summed E-state index contributed by atoms with van der Waals surface area (Å²) >= 11 is 5.70. The first-order chi connectivity index (χ1) is 6.95. The summed E-state index contributed by atoms with van der Waals surface area (Å²) in [6.07, 6.45) is 0. The third kappa shape index (κ3) is 3.52. The van der Waals surface area contributed by atoms with Crippen LogP contribution in [0.15, 0.2) is 23.1 Å². The van der Waals surface area contributed by atoms with Gasteiger partial charge in [0, 0.05) is 10.7 Å². The van der Waals surface area contributed by atoms with E-state index in [9.17, 15) is 12.8 Å². The van der Waals surface area contributed by atoms with Gasteiger partial charge in [-0.1, -0.05) is 11.6 Å². The van der Waals surface area contributed by atoms with Crippen LogP contribution in [0.4, 0.5) is 4.39 Å². The van der Waals surface area contributed by atoms with Crippen LogP contribution in [0.5, 0.6) is 5.75 Å². The standard InChI is InChI=1S/C8H7Cl2FO3S/c9-7-5-6(15(10,12)13)1-2-8(7)14-4-3-11/h1-2,5H,3-4H2. The number of hydrogen-bond donors (Lipinski definition) is 0. The fourth-order valence-electron chi connectivity index (χ4n) is 0.899. The van der Waals surface area contributed by atoms with E-state index in [4.69, 9.17) is 27.0 Å². The minimum absolute atomic E-state index is 0.0742. The van der Waals surface area contributed by atoms with Crippen LogP contribution in [0.2, 0.25) is 5.02 Å². The molecule has 1 aromatic rings. The molecule has 0 radical (unpaired) electrons. The van der Waals surface area contributed by atoms with Crippen LogP contribution in [-0.2, 0) is 9.05 Å². The molecule has 84 valence electrons. The van der Waals surface area contributed by atoms with Gasteiger partial charge in [0.15, 0.2) is 0 Å². The Labute approximate surface area is 96.2 Å². The molecule has 0 saturated heterocycles. The normalized spacial score (nSPS) is 11.4. The van der Waals surface area contributed by atoms with Crippen LogP contribution in [-0.4, -0.2) is 21.7 Å². The molecule has 15 heavy (non-hydrogen) atoms. The third-order valence-corrected chi connectivity index (χ3v) is 3.17. The smallest absolute Gasteiger partial charge is 0.261 e. The molecule has 3 nitrogen and oxygen atoms in total. The molecule has 0 atom stereocenters. The molecule has 0 N–H and O–H groups in total. The van der Waals surface area contributed by atoms with Gasteiger partial charge >= 0.3 is 0 Å². The van der Waals surface area contributed by atoms with Gasteiger partial charge in [-0.05, 0) is 18.2 Å². The van der Waals surface area contributed by atoms with E-state index in [2.05, 4.69) is 0 Å². The molecular weight excluding hydrogens is 266 g/mol. The predicted molar refractivity (Wildman–Crippen MR) is 56.0 cm³/mol. The highest BCUT2D eigenvalue weighted by atomic mass is 35.7. The lowest BCUT2D eigenvalue weighted by molar-refractivity contribution is 0.273. The molecule has 0 amide bonds. The lowest BCUT2D eigenvalue weighted by Gasteiger charge is -2.06. The summed E-state index contributed by atoms with van der Waals surface area (Å²) in [5.41, 5.74) is 0. The topological polar surface area (TPSA) is 43.4 Å². The van der Waals surface area contributed by atoms with Gasteiger partial charge < -0.3 is 4.74 Å². The summed E-state index contributed by atoms with van der Waals surface area (Å²) in [5, 5.41) is 0.0742. The monoisotopic (exact) mass is 272 g/mol. The number of benzene rings is 1. The van der Waals surface area contributed by atoms with Crippen molar-refractivity contribution in [3.8, 4) is 5.75 Å². The summed E-state index contributed by atoms with van der Waals surface area (Å²) < 4.78 is 38.5. The van der Waals surface area contributed by atoms with Crippen molar-refractivity contribution in [2.24, 2.45) is 0 Å². The molecule has 1 rings (SSSR count). The molecule has 7 heteroatoms. The Morgan fingerprint density at radius 1 is 1.40 bits per heavy atom. The fourth-order valence-corrected chi connectivity index (χ4v) is 1.98. The maximum Gasteiger partial charge on any atom is 0.261 e. The van der Waals surface area contributed by atoms with Gasteiger partial charge in [-0.15, -0.1) is 0 Å². The van der Waals surface area contributed by atoms with Gasteiger partial charge in [0.25, 0.3) is 9.05 Å². The van der Waals surface area contributed by atoms with Crippen molar-refractivity contribution in [2.75, 3.05) is 13.3 Å². The first-order valence-corrected chi connectivity index (χ1v) is 6.57. The lowest BCUT2D eigenvalue weighted by atomic mass is 10.3. The van der Waals surface area contributed by atoms with Crippen LogP contribution < -0.4 is 4.74 Å². The van der Waals surface area contributed by atoms with Crippen LogP contribution in [0, 0.1) is 0 Å². The van der Waals surface area contributed by atoms with E-state index in [0.29, 0.717) is 0 Å². The molecule has 0 bridgehead atoms. The van der Waals surface area contributed by atoms with Crippen molar-refractivity contribution in [2.45, 2.75) is 4.90 Å². The summed E-state index contributed by atoms with van der Waals surface area (Å²) in [5.74, 6) is 0.221. The van der Waals surface area contributed by atoms with Gasteiger partial charge in [-0.3, -0.25) is 0 Å².